The first kappa shape index (κ1) is 19.9. The number of rotatable bonds is 3. The SMILES string of the molecule is Cc1ccc2nc(NC(=O)c3sc4nc(N)c(C#N)c(-c5ccccc5)c4c3N)sc2c1. The molecule has 0 spiro atoms. The van der Waals surface area contributed by atoms with Gasteiger partial charge in [-0.25, -0.2) is 9.97 Å². The second kappa shape index (κ2) is 7.60. The number of hydrogen-bond donors (Lipinski definition) is 3. The molecule has 0 bridgehead atoms. The minimum absolute atomic E-state index is 0.105. The number of aryl methyl sites for hydroxylation is 1. The molecular weight excluding hydrogens is 440 g/mol. The van der Waals surface area contributed by atoms with Crippen molar-refractivity contribution in [3.63, 3.8) is 0 Å². The molecule has 0 fully saturated rings. The van der Waals surface area contributed by atoms with Crippen LogP contribution in [0.5, 0.6) is 0 Å². The van der Waals surface area contributed by atoms with Crippen molar-refractivity contribution < 1.29 is 4.79 Å². The number of nitrogen functional groups attached to an aromatic ring is 2. The Bertz CT molecular complexity index is 1560. The Hall–Kier alpha value is -4.00. The summed E-state index contributed by atoms with van der Waals surface area (Å²) < 4.78 is 0.990. The predicted molar refractivity (Wildman–Crippen MR) is 131 cm³/mol. The van der Waals surface area contributed by atoms with Gasteiger partial charge < -0.3 is 11.5 Å². The zero-order valence-corrected chi connectivity index (χ0v) is 18.5. The predicted octanol–water partition coefficient (Wildman–Crippen LogP) is 5.17. The Morgan fingerprint density at radius 1 is 1.09 bits per heavy atom. The van der Waals surface area contributed by atoms with Gasteiger partial charge >= 0.3 is 0 Å². The van der Waals surface area contributed by atoms with Gasteiger partial charge in [0.25, 0.3) is 5.91 Å². The summed E-state index contributed by atoms with van der Waals surface area (Å²) in [6.07, 6.45) is 0. The van der Waals surface area contributed by atoms with Crippen molar-refractivity contribution in [2.45, 2.75) is 6.92 Å². The lowest BCUT2D eigenvalue weighted by atomic mass is 9.97. The lowest BCUT2D eigenvalue weighted by molar-refractivity contribution is 0.103. The minimum Gasteiger partial charge on any atom is -0.397 e. The van der Waals surface area contributed by atoms with Crippen LogP contribution < -0.4 is 16.8 Å². The van der Waals surface area contributed by atoms with E-state index in [1.165, 1.54) is 11.3 Å². The Kier molecular flexibility index (Phi) is 4.74. The average molecular weight is 457 g/mol. The maximum absolute atomic E-state index is 13.1. The van der Waals surface area contributed by atoms with E-state index in [9.17, 15) is 10.1 Å². The van der Waals surface area contributed by atoms with E-state index in [4.69, 9.17) is 11.5 Å². The van der Waals surface area contributed by atoms with Crippen molar-refractivity contribution in [1.82, 2.24) is 9.97 Å². The Labute approximate surface area is 191 Å². The highest BCUT2D eigenvalue weighted by Crippen LogP contribution is 2.42. The molecule has 0 aliphatic carbocycles. The van der Waals surface area contributed by atoms with Crippen molar-refractivity contribution in [2.24, 2.45) is 0 Å². The van der Waals surface area contributed by atoms with Gasteiger partial charge in [-0.1, -0.05) is 47.7 Å². The summed E-state index contributed by atoms with van der Waals surface area (Å²) in [6, 6.07) is 17.4. The molecule has 2 aromatic carbocycles. The standard InChI is InChI=1S/C23H16N6OS2/c1-11-7-8-14-15(9-11)31-23(27-14)29-21(30)19-18(25)17-16(12-5-3-2-4-6-12)13(10-24)20(26)28-22(17)32-19/h2-9H,25H2,1H3,(H2,26,28)(H,27,29,30). The molecule has 0 atom stereocenters. The number of thiophene rings is 1. The largest absolute Gasteiger partial charge is 0.397 e. The molecule has 0 aliphatic heterocycles. The molecule has 5 rings (SSSR count). The molecule has 0 radical (unpaired) electrons. The van der Waals surface area contributed by atoms with Crippen molar-refractivity contribution in [3.05, 3.63) is 64.5 Å². The van der Waals surface area contributed by atoms with Gasteiger partial charge in [-0.05, 0) is 30.2 Å². The maximum atomic E-state index is 13.1. The van der Waals surface area contributed by atoms with Crippen LogP contribution in [0.3, 0.4) is 0 Å². The lowest BCUT2D eigenvalue weighted by Crippen LogP contribution is -2.11. The van der Waals surface area contributed by atoms with Crippen LogP contribution in [0.4, 0.5) is 16.6 Å². The molecule has 0 unspecified atom stereocenters. The fourth-order valence-electron chi connectivity index (χ4n) is 3.58. The molecule has 1 amide bonds. The first-order valence-electron chi connectivity index (χ1n) is 9.61. The number of fused-ring (bicyclic) bond motifs is 2. The molecule has 0 aliphatic rings. The second-order valence-corrected chi connectivity index (χ2v) is 9.22. The summed E-state index contributed by atoms with van der Waals surface area (Å²) in [5.74, 6) is -0.272. The monoisotopic (exact) mass is 456 g/mol. The van der Waals surface area contributed by atoms with E-state index in [2.05, 4.69) is 21.4 Å². The molecular formula is C23H16N6OS2. The number of nitrogens with one attached hydrogen (secondary N) is 1. The van der Waals surface area contributed by atoms with Gasteiger partial charge in [-0.3, -0.25) is 10.1 Å². The van der Waals surface area contributed by atoms with Crippen molar-refractivity contribution in [1.29, 1.82) is 5.26 Å². The van der Waals surface area contributed by atoms with Gasteiger partial charge in [0.05, 0.1) is 15.9 Å². The summed E-state index contributed by atoms with van der Waals surface area (Å²) in [6.45, 7) is 2.01. The van der Waals surface area contributed by atoms with Crippen molar-refractivity contribution in [3.8, 4) is 17.2 Å². The Morgan fingerprint density at radius 3 is 2.62 bits per heavy atom. The molecule has 3 heterocycles. The lowest BCUT2D eigenvalue weighted by Gasteiger charge is -2.09. The van der Waals surface area contributed by atoms with Gasteiger partial charge in [-0.2, -0.15) is 5.26 Å². The van der Waals surface area contributed by atoms with Crippen LogP contribution in [-0.2, 0) is 0 Å². The van der Waals surface area contributed by atoms with Crippen LogP contribution >= 0.6 is 22.7 Å². The third-order valence-electron chi connectivity index (χ3n) is 5.05. The van der Waals surface area contributed by atoms with Crippen LogP contribution in [0.25, 0.3) is 31.6 Å². The number of nitrogens with two attached hydrogens (primary N) is 2. The highest BCUT2D eigenvalue weighted by Gasteiger charge is 2.24. The minimum atomic E-state index is -0.377. The fourth-order valence-corrected chi connectivity index (χ4v) is 5.55. The number of thiazole rings is 1. The van der Waals surface area contributed by atoms with E-state index in [0.717, 1.165) is 32.7 Å². The number of nitrogens with zero attached hydrogens (tertiary/aromatic N) is 3. The van der Waals surface area contributed by atoms with E-state index in [1.54, 1.807) is 0 Å². The first-order valence-corrected chi connectivity index (χ1v) is 11.2. The number of amides is 1. The summed E-state index contributed by atoms with van der Waals surface area (Å²) in [7, 11) is 0. The molecule has 32 heavy (non-hydrogen) atoms. The van der Waals surface area contributed by atoms with Crippen LogP contribution in [0, 0.1) is 18.3 Å². The van der Waals surface area contributed by atoms with E-state index >= 15 is 0 Å². The summed E-state index contributed by atoms with van der Waals surface area (Å²) in [4.78, 5) is 22.7. The molecule has 5 N–H and O–H groups in total. The molecule has 5 aromatic rings. The molecule has 0 saturated heterocycles. The summed E-state index contributed by atoms with van der Waals surface area (Å²) >= 11 is 2.54. The molecule has 9 heteroatoms. The first-order chi connectivity index (χ1) is 15.5. The summed E-state index contributed by atoms with van der Waals surface area (Å²) in [5.41, 5.74) is 16.3. The number of carbonyl (C=O) groups is 1. The quantitative estimate of drug-likeness (QED) is 0.343. The van der Waals surface area contributed by atoms with Gasteiger partial charge in [0, 0.05) is 10.9 Å². The maximum Gasteiger partial charge on any atom is 0.269 e. The Balaban J connectivity index is 1.62. The highest BCUT2D eigenvalue weighted by molar-refractivity contribution is 7.23. The zero-order chi connectivity index (χ0) is 22.4. The van der Waals surface area contributed by atoms with Crippen LogP contribution in [0.2, 0.25) is 0 Å². The normalized spacial score (nSPS) is 11.0. The third-order valence-corrected chi connectivity index (χ3v) is 7.08. The van der Waals surface area contributed by atoms with E-state index in [0.29, 0.717) is 25.8 Å². The van der Waals surface area contributed by atoms with E-state index in [1.807, 2.05) is 55.5 Å². The Morgan fingerprint density at radius 2 is 1.88 bits per heavy atom. The van der Waals surface area contributed by atoms with Crippen LogP contribution in [0.15, 0.2) is 48.5 Å². The van der Waals surface area contributed by atoms with Gasteiger partial charge in [0.2, 0.25) is 0 Å². The van der Waals surface area contributed by atoms with Gasteiger partial charge in [0.15, 0.2) is 5.13 Å². The number of hydrogen-bond acceptors (Lipinski definition) is 8. The third kappa shape index (κ3) is 3.22. The topological polar surface area (TPSA) is 131 Å². The highest BCUT2D eigenvalue weighted by atomic mass is 32.1. The van der Waals surface area contributed by atoms with E-state index < -0.39 is 0 Å². The van der Waals surface area contributed by atoms with Gasteiger partial charge in [0.1, 0.15) is 27.2 Å². The summed E-state index contributed by atoms with van der Waals surface area (Å²) in [5, 5.41) is 13.6. The number of aromatic nitrogens is 2. The van der Waals surface area contributed by atoms with Crippen LogP contribution in [0.1, 0.15) is 20.8 Å². The van der Waals surface area contributed by atoms with Gasteiger partial charge in [-0.15, -0.1) is 11.3 Å². The van der Waals surface area contributed by atoms with E-state index in [-0.39, 0.29) is 23.0 Å². The molecule has 156 valence electrons. The smallest absolute Gasteiger partial charge is 0.269 e. The average Bonchev–Trinajstić information content (AvgIpc) is 3.32. The number of nitriles is 1. The second-order valence-electron chi connectivity index (χ2n) is 7.19. The number of anilines is 3. The molecule has 0 saturated carbocycles. The zero-order valence-electron chi connectivity index (χ0n) is 16.8. The number of pyridine rings is 1. The van der Waals surface area contributed by atoms with Crippen molar-refractivity contribution >= 4 is 65.7 Å². The van der Waals surface area contributed by atoms with Crippen LogP contribution in [-0.4, -0.2) is 15.9 Å². The van der Waals surface area contributed by atoms with Crippen molar-refractivity contribution in [2.75, 3.05) is 16.8 Å². The number of benzene rings is 2. The number of carbonyl (C=O) groups excluding carboxylic acids is 1. The molecule has 3 aromatic heterocycles. The fraction of sp³-hybridized carbons (Fsp3) is 0.0435. The molecule has 7 nitrogen and oxygen atoms in total.